The molecule has 4 heteroatoms. The largest absolute Gasteiger partial charge is 0.506 e. The second kappa shape index (κ2) is 3.75. The summed E-state index contributed by atoms with van der Waals surface area (Å²) in [5.74, 6) is 0.0792. The molecule has 0 fully saturated rings. The van der Waals surface area contributed by atoms with Crippen molar-refractivity contribution >= 4 is 21.6 Å². The maximum Gasteiger partial charge on any atom is 0.396 e. The van der Waals surface area contributed by atoms with Crippen molar-refractivity contribution in [1.82, 2.24) is 0 Å². The SMILES string of the molecule is O=c1oc2c(-c3ccccc3)ccc(O)c2s1. The van der Waals surface area contributed by atoms with E-state index in [1.807, 2.05) is 30.3 Å². The minimum absolute atomic E-state index is 0.0792. The van der Waals surface area contributed by atoms with E-state index in [2.05, 4.69) is 0 Å². The van der Waals surface area contributed by atoms with Gasteiger partial charge in [-0.25, -0.2) is 4.79 Å². The zero-order valence-electron chi connectivity index (χ0n) is 8.71. The van der Waals surface area contributed by atoms with Gasteiger partial charge in [-0.3, -0.25) is 0 Å². The first kappa shape index (κ1) is 10.1. The van der Waals surface area contributed by atoms with Crippen molar-refractivity contribution in [2.45, 2.75) is 0 Å². The van der Waals surface area contributed by atoms with Gasteiger partial charge in [0.05, 0.1) is 0 Å². The Balaban J connectivity index is 2.38. The molecule has 0 atom stereocenters. The predicted molar refractivity (Wildman–Crippen MR) is 67.5 cm³/mol. The molecule has 2 aromatic carbocycles. The third kappa shape index (κ3) is 1.62. The van der Waals surface area contributed by atoms with Crippen LogP contribution in [-0.2, 0) is 0 Å². The van der Waals surface area contributed by atoms with Crippen LogP contribution in [0.5, 0.6) is 5.75 Å². The highest BCUT2D eigenvalue weighted by Crippen LogP contribution is 2.35. The fourth-order valence-corrected chi connectivity index (χ4v) is 2.49. The third-order valence-corrected chi connectivity index (χ3v) is 3.40. The molecule has 0 amide bonds. The number of rotatable bonds is 1. The third-order valence-electron chi connectivity index (χ3n) is 2.55. The first-order chi connectivity index (χ1) is 8.25. The summed E-state index contributed by atoms with van der Waals surface area (Å²) >= 11 is 0.915. The Kier molecular flexibility index (Phi) is 2.23. The number of aromatic hydroxyl groups is 1. The molecule has 17 heavy (non-hydrogen) atoms. The Morgan fingerprint density at radius 3 is 2.59 bits per heavy atom. The second-order valence-corrected chi connectivity index (χ2v) is 4.56. The molecule has 84 valence electrons. The number of hydrogen-bond acceptors (Lipinski definition) is 4. The molecule has 0 saturated carbocycles. The lowest BCUT2D eigenvalue weighted by Gasteiger charge is -2.02. The molecule has 3 aromatic rings. The zero-order valence-corrected chi connectivity index (χ0v) is 9.53. The Bertz CT molecular complexity index is 725. The molecule has 1 heterocycles. The highest BCUT2D eigenvalue weighted by atomic mass is 32.1. The van der Waals surface area contributed by atoms with Crippen molar-refractivity contribution < 1.29 is 9.52 Å². The van der Waals surface area contributed by atoms with Crippen molar-refractivity contribution in [2.75, 3.05) is 0 Å². The van der Waals surface area contributed by atoms with E-state index in [0.29, 0.717) is 10.3 Å². The Hall–Kier alpha value is -2.07. The molecule has 0 bridgehead atoms. The van der Waals surface area contributed by atoms with E-state index >= 15 is 0 Å². The number of fused-ring (bicyclic) bond motifs is 1. The van der Waals surface area contributed by atoms with Crippen molar-refractivity contribution in [3.8, 4) is 16.9 Å². The van der Waals surface area contributed by atoms with Gasteiger partial charge in [0, 0.05) is 5.56 Å². The van der Waals surface area contributed by atoms with Crippen LogP contribution in [0, 0.1) is 0 Å². The standard InChI is InChI=1S/C13H8O3S/c14-10-7-6-9(8-4-2-1-3-5-8)11-12(10)17-13(15)16-11/h1-7,14H. The Labute approximate surface area is 101 Å². The number of phenols is 1. The molecule has 0 aliphatic carbocycles. The summed E-state index contributed by atoms with van der Waals surface area (Å²) in [6, 6.07) is 13.0. The van der Waals surface area contributed by atoms with Gasteiger partial charge in [-0.15, -0.1) is 0 Å². The van der Waals surface area contributed by atoms with Gasteiger partial charge in [0.25, 0.3) is 0 Å². The summed E-state index contributed by atoms with van der Waals surface area (Å²) in [5.41, 5.74) is 2.22. The Morgan fingerprint density at radius 1 is 1.06 bits per heavy atom. The average Bonchev–Trinajstić information content (AvgIpc) is 2.73. The molecular weight excluding hydrogens is 236 g/mol. The lowest BCUT2D eigenvalue weighted by atomic mass is 10.1. The number of phenolic OH excluding ortho intramolecular Hbond substituents is 1. The smallest absolute Gasteiger partial charge is 0.396 e. The lowest BCUT2D eigenvalue weighted by Crippen LogP contribution is -1.81. The monoisotopic (exact) mass is 244 g/mol. The van der Waals surface area contributed by atoms with E-state index in [9.17, 15) is 9.90 Å². The normalized spacial score (nSPS) is 10.8. The molecule has 0 aliphatic rings. The van der Waals surface area contributed by atoms with Crippen molar-refractivity contribution in [1.29, 1.82) is 0 Å². The minimum Gasteiger partial charge on any atom is -0.506 e. The lowest BCUT2D eigenvalue weighted by molar-refractivity contribution is 0.481. The van der Waals surface area contributed by atoms with E-state index in [-0.39, 0.29) is 5.75 Å². The van der Waals surface area contributed by atoms with E-state index in [4.69, 9.17) is 4.42 Å². The van der Waals surface area contributed by atoms with Crippen LogP contribution in [0.15, 0.2) is 51.7 Å². The van der Waals surface area contributed by atoms with Gasteiger partial charge in [-0.1, -0.05) is 30.3 Å². The van der Waals surface area contributed by atoms with Crippen LogP contribution in [0.25, 0.3) is 21.4 Å². The van der Waals surface area contributed by atoms with Gasteiger partial charge in [-0.2, -0.15) is 0 Å². The minimum atomic E-state index is -0.404. The number of hydrogen-bond donors (Lipinski definition) is 1. The quantitative estimate of drug-likeness (QED) is 0.715. The highest BCUT2D eigenvalue weighted by molar-refractivity contribution is 7.16. The maximum absolute atomic E-state index is 11.3. The van der Waals surface area contributed by atoms with Crippen LogP contribution in [0.3, 0.4) is 0 Å². The van der Waals surface area contributed by atoms with Crippen LogP contribution in [0.4, 0.5) is 0 Å². The summed E-state index contributed by atoms with van der Waals surface area (Å²) in [5, 5.41) is 9.67. The molecule has 0 spiro atoms. The Morgan fingerprint density at radius 2 is 1.82 bits per heavy atom. The first-order valence-electron chi connectivity index (χ1n) is 5.07. The highest BCUT2D eigenvalue weighted by Gasteiger charge is 2.12. The van der Waals surface area contributed by atoms with Gasteiger partial charge < -0.3 is 9.52 Å². The average molecular weight is 244 g/mol. The summed E-state index contributed by atoms with van der Waals surface area (Å²) < 4.78 is 5.63. The van der Waals surface area contributed by atoms with E-state index < -0.39 is 4.94 Å². The summed E-state index contributed by atoms with van der Waals surface area (Å²) in [4.78, 5) is 10.9. The van der Waals surface area contributed by atoms with Crippen molar-refractivity contribution in [3.63, 3.8) is 0 Å². The van der Waals surface area contributed by atoms with Crippen molar-refractivity contribution in [2.24, 2.45) is 0 Å². The molecule has 0 radical (unpaired) electrons. The van der Waals surface area contributed by atoms with Gasteiger partial charge in [-0.05, 0) is 29.0 Å². The van der Waals surface area contributed by atoms with Crippen LogP contribution < -0.4 is 4.94 Å². The molecule has 0 aliphatic heterocycles. The zero-order chi connectivity index (χ0) is 11.8. The summed E-state index contributed by atoms with van der Waals surface area (Å²) in [6.45, 7) is 0. The van der Waals surface area contributed by atoms with Crippen molar-refractivity contribution in [3.05, 3.63) is 52.2 Å². The van der Waals surface area contributed by atoms with Crippen LogP contribution >= 0.6 is 11.3 Å². The molecule has 1 aromatic heterocycles. The molecule has 0 saturated heterocycles. The van der Waals surface area contributed by atoms with Crippen LogP contribution in [-0.4, -0.2) is 5.11 Å². The van der Waals surface area contributed by atoms with E-state index in [1.165, 1.54) is 0 Å². The molecular formula is C13H8O3S. The van der Waals surface area contributed by atoms with Gasteiger partial charge in [0.2, 0.25) is 0 Å². The van der Waals surface area contributed by atoms with E-state index in [1.54, 1.807) is 12.1 Å². The fraction of sp³-hybridized carbons (Fsp3) is 0. The van der Waals surface area contributed by atoms with Crippen LogP contribution in [0.2, 0.25) is 0 Å². The number of benzene rings is 2. The topological polar surface area (TPSA) is 50.4 Å². The molecule has 3 nitrogen and oxygen atoms in total. The van der Waals surface area contributed by atoms with Gasteiger partial charge >= 0.3 is 4.94 Å². The summed E-state index contributed by atoms with van der Waals surface area (Å²) in [6.07, 6.45) is 0. The maximum atomic E-state index is 11.3. The summed E-state index contributed by atoms with van der Waals surface area (Å²) in [7, 11) is 0. The van der Waals surface area contributed by atoms with E-state index in [0.717, 1.165) is 22.5 Å². The first-order valence-corrected chi connectivity index (χ1v) is 5.88. The predicted octanol–water partition coefficient (Wildman–Crippen LogP) is 3.23. The fourth-order valence-electron chi connectivity index (χ4n) is 1.78. The molecule has 0 unspecified atom stereocenters. The van der Waals surface area contributed by atoms with Crippen LogP contribution in [0.1, 0.15) is 0 Å². The molecule has 1 N–H and O–H groups in total. The van der Waals surface area contributed by atoms with Gasteiger partial charge in [0.1, 0.15) is 10.4 Å². The molecule has 3 rings (SSSR count). The second-order valence-electron chi connectivity index (χ2n) is 3.61. The van der Waals surface area contributed by atoms with Gasteiger partial charge in [0.15, 0.2) is 5.58 Å².